The van der Waals surface area contributed by atoms with Crippen LogP contribution in [0.2, 0.25) is 0 Å². The van der Waals surface area contributed by atoms with Gasteiger partial charge in [0, 0.05) is 0 Å². The number of halogens is 2. The third kappa shape index (κ3) is 3.61. The molecule has 0 saturated carbocycles. The Balaban J connectivity index is 0.00000110. The van der Waals surface area contributed by atoms with E-state index in [2.05, 4.69) is 61.5 Å². The predicted octanol–water partition coefficient (Wildman–Crippen LogP) is 5.57. The molecule has 0 aliphatic heterocycles. The minimum absolute atomic E-state index is 0. The average molecular weight is 356 g/mol. The van der Waals surface area contributed by atoms with E-state index in [1.54, 1.807) is 20.8 Å². The minimum atomic E-state index is 0. The van der Waals surface area contributed by atoms with Gasteiger partial charge in [-0.2, -0.15) is 0 Å². The molecule has 0 N–H and O–H groups in total. The molecule has 1 unspecified atom stereocenters. The zero-order valence-corrected chi connectivity index (χ0v) is 14.9. The Morgan fingerprint density at radius 1 is 1.10 bits per heavy atom. The van der Waals surface area contributed by atoms with Gasteiger partial charge in [-0.15, -0.1) is 24.8 Å². The SMILES string of the molecule is CC([O][Ti])c1c(C2=CC=CC2)ccc2ccccc12.Cl.Cl. The zero-order chi connectivity index (χ0) is 13.2. The van der Waals surface area contributed by atoms with Crippen molar-refractivity contribution < 1.29 is 24.1 Å². The Morgan fingerprint density at radius 2 is 1.86 bits per heavy atom. The van der Waals surface area contributed by atoms with Crippen molar-refractivity contribution in [1.29, 1.82) is 0 Å². The largest absolute Gasteiger partial charge is 0.147 e. The molecule has 0 radical (unpaired) electrons. The summed E-state index contributed by atoms with van der Waals surface area (Å²) in [4.78, 5) is 0. The van der Waals surface area contributed by atoms with Crippen LogP contribution in [0.5, 0.6) is 0 Å². The summed E-state index contributed by atoms with van der Waals surface area (Å²) in [5, 5.41) is 2.57. The molecule has 0 fully saturated rings. The van der Waals surface area contributed by atoms with E-state index < -0.39 is 0 Å². The molecule has 0 aromatic heterocycles. The van der Waals surface area contributed by atoms with Crippen molar-refractivity contribution in [2.24, 2.45) is 0 Å². The zero-order valence-electron chi connectivity index (χ0n) is 11.7. The number of hydrogen-bond donors (Lipinski definition) is 0. The number of rotatable bonds is 3. The van der Waals surface area contributed by atoms with Crippen molar-refractivity contribution >= 4 is 41.2 Å². The van der Waals surface area contributed by atoms with E-state index in [1.807, 2.05) is 0 Å². The Hall–Kier alpha value is -0.566. The molecule has 21 heavy (non-hydrogen) atoms. The molecule has 0 amide bonds. The smallest absolute Gasteiger partial charge is 0.147 e. The maximum atomic E-state index is 5.60. The van der Waals surface area contributed by atoms with E-state index in [0.717, 1.165) is 6.42 Å². The van der Waals surface area contributed by atoms with Gasteiger partial charge in [0.05, 0.1) is 0 Å². The van der Waals surface area contributed by atoms with Crippen molar-refractivity contribution in [2.75, 3.05) is 0 Å². The van der Waals surface area contributed by atoms with Gasteiger partial charge in [0.15, 0.2) is 0 Å². The van der Waals surface area contributed by atoms with Gasteiger partial charge in [-0.1, -0.05) is 0 Å². The van der Waals surface area contributed by atoms with Crippen molar-refractivity contribution in [3.63, 3.8) is 0 Å². The molecule has 0 heterocycles. The van der Waals surface area contributed by atoms with Gasteiger partial charge >= 0.3 is 126 Å². The summed E-state index contributed by atoms with van der Waals surface area (Å²) in [6.45, 7) is 2.12. The van der Waals surface area contributed by atoms with E-state index in [4.69, 9.17) is 3.32 Å². The average Bonchev–Trinajstić information content (AvgIpc) is 2.99. The van der Waals surface area contributed by atoms with Crippen LogP contribution in [0.25, 0.3) is 16.3 Å². The maximum Gasteiger partial charge on any atom is -0.147 e. The number of allylic oxidation sites excluding steroid dienone is 4. The summed E-state index contributed by atoms with van der Waals surface area (Å²) in [6, 6.07) is 13.0. The van der Waals surface area contributed by atoms with Gasteiger partial charge in [-0.25, -0.2) is 0 Å². The summed E-state index contributed by atoms with van der Waals surface area (Å²) in [6.07, 6.45) is 7.65. The summed E-state index contributed by atoms with van der Waals surface area (Å²) >= 11 is 1.78. The predicted molar refractivity (Wildman–Crippen MR) is 89.7 cm³/mol. The molecular formula is C17H17Cl2OTi. The summed E-state index contributed by atoms with van der Waals surface area (Å²) in [5.74, 6) is 0. The summed E-state index contributed by atoms with van der Waals surface area (Å²) in [5.41, 5.74) is 4.00. The molecule has 2 aromatic carbocycles. The molecule has 2 aromatic rings. The number of hydrogen-bond acceptors (Lipinski definition) is 1. The van der Waals surface area contributed by atoms with Gasteiger partial charge in [-0.05, 0) is 0 Å². The topological polar surface area (TPSA) is 9.23 Å². The Kier molecular flexibility index (Phi) is 7.19. The minimum Gasteiger partial charge on any atom is -0.147 e. The quantitative estimate of drug-likeness (QED) is 0.654. The van der Waals surface area contributed by atoms with E-state index in [1.165, 1.54) is 27.5 Å². The summed E-state index contributed by atoms with van der Waals surface area (Å²) < 4.78 is 5.60. The van der Waals surface area contributed by atoms with Crippen LogP contribution >= 0.6 is 24.8 Å². The first-order valence-corrected chi connectivity index (χ1v) is 7.15. The second-order valence-electron chi connectivity index (χ2n) is 4.83. The molecule has 1 aliphatic carbocycles. The Labute approximate surface area is 150 Å². The maximum absolute atomic E-state index is 5.60. The standard InChI is InChI=1S/C17H15O.2ClH.Ti/c1-12(18)17-15-9-5-4-8-14(15)10-11-16(17)13-6-2-3-7-13;;;/h2-6,8-12H,7H2,1H3;2*1H;/q-1;;;+1. The van der Waals surface area contributed by atoms with E-state index in [9.17, 15) is 0 Å². The first-order valence-electron chi connectivity index (χ1n) is 6.51. The van der Waals surface area contributed by atoms with Crippen LogP contribution in [-0.2, 0) is 24.1 Å². The number of fused-ring (bicyclic) bond motifs is 1. The molecule has 1 atom stereocenters. The van der Waals surface area contributed by atoms with Crippen LogP contribution in [-0.4, -0.2) is 0 Å². The summed E-state index contributed by atoms with van der Waals surface area (Å²) in [7, 11) is 0. The fraction of sp³-hybridized carbons (Fsp3) is 0.176. The molecule has 4 heteroatoms. The van der Waals surface area contributed by atoms with Crippen molar-refractivity contribution in [2.45, 2.75) is 19.4 Å². The third-order valence-electron chi connectivity index (χ3n) is 3.67. The van der Waals surface area contributed by atoms with Gasteiger partial charge in [0.2, 0.25) is 0 Å². The first kappa shape index (κ1) is 18.5. The van der Waals surface area contributed by atoms with Crippen LogP contribution in [0.4, 0.5) is 0 Å². The molecule has 109 valence electrons. The van der Waals surface area contributed by atoms with Crippen LogP contribution in [0.1, 0.15) is 30.6 Å². The third-order valence-corrected chi connectivity index (χ3v) is 4.22. The van der Waals surface area contributed by atoms with Gasteiger partial charge < -0.3 is 0 Å². The molecular weight excluding hydrogens is 339 g/mol. The van der Waals surface area contributed by atoms with Crippen LogP contribution < -0.4 is 0 Å². The van der Waals surface area contributed by atoms with Crippen molar-refractivity contribution in [1.82, 2.24) is 0 Å². The van der Waals surface area contributed by atoms with Crippen molar-refractivity contribution in [3.8, 4) is 0 Å². The van der Waals surface area contributed by atoms with Gasteiger partial charge in [-0.3, -0.25) is 0 Å². The fourth-order valence-electron chi connectivity index (χ4n) is 2.72. The normalized spacial score (nSPS) is 14.2. The van der Waals surface area contributed by atoms with Crippen LogP contribution in [0.3, 0.4) is 0 Å². The molecule has 1 aliphatic rings. The van der Waals surface area contributed by atoms with Crippen molar-refractivity contribution in [3.05, 3.63) is 65.8 Å². The Morgan fingerprint density at radius 3 is 2.52 bits per heavy atom. The molecule has 0 saturated heterocycles. The second kappa shape index (κ2) is 8.17. The molecule has 0 bridgehead atoms. The monoisotopic (exact) mass is 355 g/mol. The van der Waals surface area contributed by atoms with E-state index in [-0.39, 0.29) is 30.9 Å². The number of benzene rings is 2. The van der Waals surface area contributed by atoms with Crippen LogP contribution in [0.15, 0.2) is 54.6 Å². The van der Waals surface area contributed by atoms with Gasteiger partial charge in [0.1, 0.15) is 0 Å². The second-order valence-corrected chi connectivity index (χ2v) is 5.20. The molecule has 0 spiro atoms. The molecule has 1 nitrogen and oxygen atoms in total. The van der Waals surface area contributed by atoms with Gasteiger partial charge in [0.25, 0.3) is 0 Å². The van der Waals surface area contributed by atoms with E-state index in [0.29, 0.717) is 0 Å². The Bertz CT molecular complexity index is 680. The van der Waals surface area contributed by atoms with Crippen LogP contribution in [0, 0.1) is 0 Å². The van der Waals surface area contributed by atoms with E-state index >= 15 is 0 Å². The first-order chi connectivity index (χ1) is 9.31. The fourth-order valence-corrected chi connectivity index (χ4v) is 2.90. The molecule has 3 rings (SSSR count).